The number of hydrogen-bond donors (Lipinski definition) is 0. The van der Waals surface area contributed by atoms with Crippen molar-refractivity contribution in [3.63, 3.8) is 0 Å². The highest BCUT2D eigenvalue weighted by atomic mass is 35.5. The van der Waals surface area contributed by atoms with Gasteiger partial charge in [-0.05, 0) is 49.2 Å². The molecule has 3 rings (SSSR count). The predicted molar refractivity (Wildman–Crippen MR) is 119 cm³/mol. The Labute approximate surface area is 188 Å². The first-order valence-corrected chi connectivity index (χ1v) is 11.9. The molecule has 7 nitrogen and oxygen atoms in total. The molecule has 0 atom stereocenters. The van der Waals surface area contributed by atoms with Gasteiger partial charge in [-0.3, -0.25) is 4.79 Å². The lowest BCUT2D eigenvalue weighted by Gasteiger charge is -2.32. The van der Waals surface area contributed by atoms with E-state index in [1.54, 1.807) is 31.2 Å². The number of carbonyl (C=O) groups is 1. The number of halogens is 1. The van der Waals surface area contributed by atoms with Gasteiger partial charge in [-0.25, -0.2) is 8.42 Å². The van der Waals surface area contributed by atoms with Crippen molar-refractivity contribution in [3.8, 4) is 11.5 Å². The molecule has 1 amide bonds. The molecule has 0 aliphatic carbocycles. The Morgan fingerprint density at radius 2 is 1.71 bits per heavy atom. The van der Waals surface area contributed by atoms with Crippen LogP contribution in [0.5, 0.6) is 11.5 Å². The average Bonchev–Trinajstić information content (AvgIpc) is 2.79. The van der Waals surface area contributed by atoms with Crippen molar-refractivity contribution < 1.29 is 22.7 Å². The second kappa shape index (κ2) is 10.3. The Kier molecular flexibility index (Phi) is 7.80. The smallest absolute Gasteiger partial charge is 0.243 e. The summed E-state index contributed by atoms with van der Waals surface area (Å²) in [5, 5.41) is 0.487. The number of para-hydroxylation sites is 2. The number of carbonyl (C=O) groups excluding carboxylic acids is 1. The molecule has 2 aromatic carbocycles. The Hall–Kier alpha value is -2.29. The van der Waals surface area contributed by atoms with Crippen molar-refractivity contribution >= 4 is 27.5 Å². The van der Waals surface area contributed by atoms with Gasteiger partial charge < -0.3 is 14.4 Å². The van der Waals surface area contributed by atoms with E-state index in [-0.39, 0.29) is 16.7 Å². The minimum atomic E-state index is -3.58. The van der Waals surface area contributed by atoms with Gasteiger partial charge in [0.05, 0.1) is 18.6 Å². The predicted octanol–water partition coefficient (Wildman–Crippen LogP) is 3.29. The van der Waals surface area contributed by atoms with E-state index in [4.69, 9.17) is 21.1 Å². The lowest BCUT2D eigenvalue weighted by atomic mass is 9.97. The van der Waals surface area contributed by atoms with Gasteiger partial charge >= 0.3 is 0 Å². The summed E-state index contributed by atoms with van der Waals surface area (Å²) in [4.78, 5) is 14.6. The molecular weight excluding hydrogens is 440 g/mol. The van der Waals surface area contributed by atoms with Crippen LogP contribution in [0.15, 0.2) is 53.4 Å². The van der Waals surface area contributed by atoms with Crippen LogP contribution in [0.1, 0.15) is 12.8 Å². The third-order valence-electron chi connectivity index (χ3n) is 5.38. The van der Waals surface area contributed by atoms with Crippen LogP contribution in [0.2, 0.25) is 5.02 Å². The van der Waals surface area contributed by atoms with E-state index in [2.05, 4.69) is 0 Å². The Balaban J connectivity index is 1.49. The highest BCUT2D eigenvalue weighted by molar-refractivity contribution is 7.89. The number of nitrogens with zero attached hydrogens (tertiary/aromatic N) is 2. The summed E-state index contributed by atoms with van der Waals surface area (Å²) in [6.07, 6.45) is 0.979. The molecule has 0 spiro atoms. The van der Waals surface area contributed by atoms with Gasteiger partial charge in [0, 0.05) is 31.1 Å². The lowest BCUT2D eigenvalue weighted by Crippen LogP contribution is -2.44. The van der Waals surface area contributed by atoms with Crippen LogP contribution in [-0.2, 0) is 14.8 Å². The van der Waals surface area contributed by atoms with Gasteiger partial charge in [-0.15, -0.1) is 0 Å². The molecular formula is C22H27ClN2O5S. The van der Waals surface area contributed by atoms with Crippen molar-refractivity contribution in [1.82, 2.24) is 9.21 Å². The average molecular weight is 467 g/mol. The minimum Gasteiger partial charge on any atom is -0.493 e. The van der Waals surface area contributed by atoms with Gasteiger partial charge in [0.15, 0.2) is 11.5 Å². The van der Waals surface area contributed by atoms with Gasteiger partial charge in [-0.1, -0.05) is 23.7 Å². The summed E-state index contributed by atoms with van der Waals surface area (Å²) in [6.45, 7) is 1.40. The number of hydrogen-bond acceptors (Lipinski definition) is 5. The first-order chi connectivity index (χ1) is 14.8. The van der Waals surface area contributed by atoms with E-state index >= 15 is 0 Å². The third kappa shape index (κ3) is 5.70. The SMILES string of the molecule is COc1ccccc1OCCN(C)C(=O)C1CCN(S(=O)(=O)c2ccc(Cl)cc2)CC1. The molecule has 1 fully saturated rings. The molecule has 0 bridgehead atoms. The number of likely N-dealkylation sites (N-methyl/N-ethyl adjacent to an activating group) is 1. The monoisotopic (exact) mass is 466 g/mol. The highest BCUT2D eigenvalue weighted by Crippen LogP contribution is 2.27. The molecule has 1 aliphatic heterocycles. The quantitative estimate of drug-likeness (QED) is 0.596. The number of benzene rings is 2. The van der Waals surface area contributed by atoms with Crippen molar-refractivity contribution in [2.45, 2.75) is 17.7 Å². The Bertz CT molecular complexity index is 989. The Morgan fingerprint density at radius 1 is 1.10 bits per heavy atom. The molecule has 9 heteroatoms. The third-order valence-corrected chi connectivity index (χ3v) is 7.55. The molecule has 31 heavy (non-hydrogen) atoms. The standard InChI is InChI=1S/C22H27ClN2O5S/c1-24(15-16-30-21-6-4-3-5-20(21)29-2)22(26)17-11-13-25(14-12-17)31(27,28)19-9-7-18(23)8-10-19/h3-10,17H,11-16H2,1-2H3. The minimum absolute atomic E-state index is 0.00664. The molecule has 1 aliphatic rings. The molecule has 0 unspecified atom stereocenters. The molecule has 2 aromatic rings. The molecule has 0 N–H and O–H groups in total. The van der Waals surface area contributed by atoms with Gasteiger partial charge in [0.1, 0.15) is 6.61 Å². The van der Waals surface area contributed by atoms with Crippen molar-refractivity contribution in [1.29, 1.82) is 0 Å². The van der Waals surface area contributed by atoms with E-state index in [1.165, 1.54) is 16.4 Å². The van der Waals surface area contributed by atoms with Crippen molar-refractivity contribution in [2.75, 3.05) is 40.4 Å². The maximum Gasteiger partial charge on any atom is 0.243 e. The van der Waals surface area contributed by atoms with E-state index in [9.17, 15) is 13.2 Å². The van der Waals surface area contributed by atoms with Crippen LogP contribution < -0.4 is 9.47 Å². The summed E-state index contributed by atoms with van der Waals surface area (Å²) < 4.78 is 38.0. The molecule has 1 heterocycles. The van der Waals surface area contributed by atoms with Crippen LogP contribution in [-0.4, -0.2) is 63.9 Å². The van der Waals surface area contributed by atoms with E-state index < -0.39 is 10.0 Å². The fourth-order valence-corrected chi connectivity index (χ4v) is 5.15. The maximum absolute atomic E-state index is 12.8. The normalized spacial score (nSPS) is 15.5. The van der Waals surface area contributed by atoms with Gasteiger partial charge in [0.25, 0.3) is 0 Å². The zero-order valence-electron chi connectivity index (χ0n) is 17.7. The highest BCUT2D eigenvalue weighted by Gasteiger charge is 2.33. The zero-order valence-corrected chi connectivity index (χ0v) is 19.2. The topological polar surface area (TPSA) is 76.2 Å². The number of amides is 1. The van der Waals surface area contributed by atoms with Crippen LogP contribution in [0.3, 0.4) is 0 Å². The zero-order chi connectivity index (χ0) is 22.4. The van der Waals surface area contributed by atoms with E-state index in [0.717, 1.165) is 0 Å². The summed E-state index contributed by atoms with van der Waals surface area (Å²) in [5.74, 6) is 1.08. The van der Waals surface area contributed by atoms with E-state index in [1.807, 2.05) is 24.3 Å². The maximum atomic E-state index is 12.8. The lowest BCUT2D eigenvalue weighted by molar-refractivity contribution is -0.135. The second-order valence-electron chi connectivity index (χ2n) is 7.39. The number of rotatable bonds is 8. The first-order valence-electron chi connectivity index (χ1n) is 10.1. The van der Waals surface area contributed by atoms with Crippen molar-refractivity contribution in [2.24, 2.45) is 5.92 Å². The second-order valence-corrected chi connectivity index (χ2v) is 9.77. The van der Waals surface area contributed by atoms with E-state index in [0.29, 0.717) is 55.6 Å². The Morgan fingerprint density at radius 3 is 2.32 bits per heavy atom. The molecule has 1 saturated heterocycles. The van der Waals surface area contributed by atoms with Crippen LogP contribution in [0.25, 0.3) is 0 Å². The summed E-state index contributed by atoms with van der Waals surface area (Å²) in [5.41, 5.74) is 0. The summed E-state index contributed by atoms with van der Waals surface area (Å²) in [7, 11) is -0.260. The fraction of sp³-hybridized carbons (Fsp3) is 0.409. The first kappa shape index (κ1) is 23.4. The summed E-state index contributed by atoms with van der Waals surface area (Å²) in [6, 6.07) is 13.5. The molecule has 168 valence electrons. The molecule has 0 saturated carbocycles. The largest absolute Gasteiger partial charge is 0.493 e. The van der Waals surface area contributed by atoms with Gasteiger partial charge in [0.2, 0.25) is 15.9 Å². The molecule has 0 aromatic heterocycles. The number of sulfonamides is 1. The number of methoxy groups -OCH3 is 1. The molecule has 0 radical (unpaired) electrons. The number of ether oxygens (including phenoxy) is 2. The van der Waals surface area contributed by atoms with Crippen LogP contribution in [0, 0.1) is 5.92 Å². The van der Waals surface area contributed by atoms with Crippen LogP contribution >= 0.6 is 11.6 Å². The van der Waals surface area contributed by atoms with Crippen LogP contribution in [0.4, 0.5) is 0 Å². The summed E-state index contributed by atoms with van der Waals surface area (Å²) >= 11 is 5.85. The van der Waals surface area contributed by atoms with Gasteiger partial charge in [-0.2, -0.15) is 4.31 Å². The number of piperidine rings is 1. The fourth-order valence-electron chi connectivity index (χ4n) is 3.55. The van der Waals surface area contributed by atoms with Crippen molar-refractivity contribution in [3.05, 3.63) is 53.6 Å².